The Kier molecular flexibility index (Phi) is 9.40. The molecule has 7 rings (SSSR count). The zero-order valence-electron chi connectivity index (χ0n) is 27.1. The van der Waals surface area contributed by atoms with Crippen LogP contribution in [0.1, 0.15) is 66.9 Å². The summed E-state index contributed by atoms with van der Waals surface area (Å²) in [7, 11) is -3.69. The van der Waals surface area contributed by atoms with Crippen molar-refractivity contribution in [3.8, 4) is 5.75 Å². The number of carbonyl (C=O) groups is 1. The number of hydrogen-bond donors (Lipinski definition) is 1. The van der Waals surface area contributed by atoms with Gasteiger partial charge in [-0.05, 0) is 105 Å². The number of aromatic nitrogens is 2. The van der Waals surface area contributed by atoms with E-state index in [9.17, 15) is 18.3 Å². The molecule has 4 aliphatic rings. The number of carboxylic acid groups (broad SMARTS) is 1. The largest absolute Gasteiger partial charge is 0.490 e. The Morgan fingerprint density at radius 3 is 2.77 bits per heavy atom. The minimum atomic E-state index is -3.69. The lowest BCUT2D eigenvalue weighted by molar-refractivity contribution is -0.116. The molecule has 256 valence electrons. The van der Waals surface area contributed by atoms with Gasteiger partial charge < -0.3 is 24.2 Å². The second kappa shape index (κ2) is 13.6. The first kappa shape index (κ1) is 33.3. The molecule has 1 aromatic heterocycles. The van der Waals surface area contributed by atoms with Crippen molar-refractivity contribution in [2.45, 2.75) is 79.9 Å². The van der Waals surface area contributed by atoms with E-state index in [0.29, 0.717) is 43.6 Å². The van der Waals surface area contributed by atoms with Crippen molar-refractivity contribution in [3.05, 3.63) is 76.6 Å². The van der Waals surface area contributed by atoms with Crippen LogP contribution in [0.25, 0.3) is 0 Å². The fourth-order valence-corrected chi connectivity index (χ4v) is 9.29. The average Bonchev–Trinajstić information content (AvgIpc) is 3.22. The second-order valence-electron chi connectivity index (χ2n) is 13.9. The van der Waals surface area contributed by atoms with Crippen LogP contribution in [-0.2, 0) is 31.1 Å². The van der Waals surface area contributed by atoms with E-state index in [4.69, 9.17) is 25.8 Å². The van der Waals surface area contributed by atoms with Crippen LogP contribution >= 0.6 is 11.6 Å². The third kappa shape index (κ3) is 6.54. The van der Waals surface area contributed by atoms with Crippen LogP contribution < -0.4 is 9.64 Å². The van der Waals surface area contributed by atoms with Gasteiger partial charge in [-0.15, -0.1) is 0 Å². The lowest BCUT2D eigenvalue weighted by atomic mass is 9.67. The van der Waals surface area contributed by atoms with E-state index in [-0.39, 0.29) is 34.9 Å². The molecule has 1 unspecified atom stereocenters. The molecule has 6 atom stereocenters. The van der Waals surface area contributed by atoms with Gasteiger partial charge in [-0.3, -0.25) is 0 Å². The first-order valence-electron chi connectivity index (χ1n) is 16.9. The summed E-state index contributed by atoms with van der Waals surface area (Å²) in [6.45, 7) is 4.25. The van der Waals surface area contributed by atoms with Gasteiger partial charge in [0, 0.05) is 48.9 Å². The van der Waals surface area contributed by atoms with E-state index in [1.165, 1.54) is 23.5 Å². The van der Waals surface area contributed by atoms with Crippen LogP contribution in [-0.4, -0.2) is 79.8 Å². The summed E-state index contributed by atoms with van der Waals surface area (Å²) in [5.41, 5.74) is 3.34. The van der Waals surface area contributed by atoms with E-state index in [0.717, 1.165) is 55.9 Å². The molecule has 10 nitrogen and oxygen atoms in total. The Balaban J connectivity index is 1.07. The van der Waals surface area contributed by atoms with Crippen molar-refractivity contribution in [2.75, 3.05) is 37.8 Å². The number of carboxylic acids is 1. The molecule has 0 bridgehead atoms. The highest BCUT2D eigenvalue weighted by atomic mass is 35.5. The normalized spacial score (nSPS) is 27.6. The predicted molar refractivity (Wildman–Crippen MR) is 181 cm³/mol. The number of halogens is 1. The molecule has 1 spiro atoms. The van der Waals surface area contributed by atoms with Crippen molar-refractivity contribution in [1.82, 2.24) is 9.97 Å². The van der Waals surface area contributed by atoms with Crippen LogP contribution in [0.3, 0.4) is 0 Å². The number of aromatic carboxylic acids is 1. The smallest absolute Gasteiger partial charge is 0.335 e. The van der Waals surface area contributed by atoms with E-state index in [2.05, 4.69) is 27.0 Å². The van der Waals surface area contributed by atoms with Crippen LogP contribution in [0.4, 0.5) is 5.69 Å². The van der Waals surface area contributed by atoms with Gasteiger partial charge in [0.05, 0.1) is 41.9 Å². The van der Waals surface area contributed by atoms with E-state index in [1.807, 2.05) is 6.07 Å². The van der Waals surface area contributed by atoms with Crippen molar-refractivity contribution in [1.29, 1.82) is 0 Å². The Morgan fingerprint density at radius 2 is 2.00 bits per heavy atom. The molecular weight excluding hydrogens is 654 g/mol. The van der Waals surface area contributed by atoms with Crippen molar-refractivity contribution >= 4 is 33.1 Å². The van der Waals surface area contributed by atoms with Crippen LogP contribution in [0.5, 0.6) is 5.75 Å². The van der Waals surface area contributed by atoms with Gasteiger partial charge in [0.1, 0.15) is 5.75 Å². The number of sulfone groups is 1. The second-order valence-corrected chi connectivity index (χ2v) is 16.6. The highest BCUT2D eigenvalue weighted by Gasteiger charge is 2.45. The van der Waals surface area contributed by atoms with Gasteiger partial charge >= 0.3 is 5.97 Å². The number of hydrogen-bond acceptors (Lipinski definition) is 9. The maximum absolute atomic E-state index is 12.9. The quantitative estimate of drug-likeness (QED) is 0.276. The molecule has 48 heavy (non-hydrogen) atoms. The fourth-order valence-electron chi connectivity index (χ4n) is 8.06. The highest BCUT2D eigenvalue weighted by Crippen LogP contribution is 2.47. The lowest BCUT2D eigenvalue weighted by Crippen LogP contribution is -2.51. The first-order chi connectivity index (χ1) is 23.1. The third-order valence-corrected chi connectivity index (χ3v) is 13.0. The topological polar surface area (TPSA) is 128 Å². The lowest BCUT2D eigenvalue weighted by Gasteiger charge is -2.47. The molecule has 1 saturated carbocycles. The molecule has 2 aromatic carbocycles. The maximum atomic E-state index is 12.9. The Labute approximate surface area is 286 Å². The van der Waals surface area contributed by atoms with Crippen molar-refractivity contribution in [2.24, 2.45) is 11.8 Å². The van der Waals surface area contributed by atoms with E-state index >= 15 is 0 Å². The molecule has 0 amide bonds. The van der Waals surface area contributed by atoms with E-state index in [1.54, 1.807) is 31.2 Å². The summed E-state index contributed by atoms with van der Waals surface area (Å²) >= 11 is 6.41. The fraction of sp³-hybridized carbons (Fsp3) is 0.528. The predicted octanol–water partition coefficient (Wildman–Crippen LogP) is 5.75. The summed E-state index contributed by atoms with van der Waals surface area (Å²) in [6.07, 6.45) is 9.25. The van der Waals surface area contributed by atoms with Gasteiger partial charge in [0.25, 0.3) is 0 Å². The van der Waals surface area contributed by atoms with Gasteiger partial charge in [-0.1, -0.05) is 17.7 Å². The van der Waals surface area contributed by atoms with Crippen LogP contribution in [0.2, 0.25) is 5.02 Å². The molecule has 3 aromatic rings. The Bertz CT molecular complexity index is 1760. The third-order valence-electron chi connectivity index (χ3n) is 10.9. The van der Waals surface area contributed by atoms with Gasteiger partial charge in [0.2, 0.25) is 15.0 Å². The summed E-state index contributed by atoms with van der Waals surface area (Å²) in [5.74, 6) is 0.407. The molecule has 1 N–H and O–H groups in total. The summed E-state index contributed by atoms with van der Waals surface area (Å²) in [6, 6.07) is 13.0. The maximum Gasteiger partial charge on any atom is 0.335 e. The van der Waals surface area contributed by atoms with Crippen LogP contribution in [0.15, 0.2) is 60.0 Å². The Morgan fingerprint density at radius 1 is 1.17 bits per heavy atom. The highest BCUT2D eigenvalue weighted by molar-refractivity contribution is 7.91. The summed E-state index contributed by atoms with van der Waals surface area (Å²) < 4.78 is 45.0. The van der Waals surface area contributed by atoms with Crippen molar-refractivity contribution in [3.63, 3.8) is 0 Å². The first-order valence-corrected chi connectivity index (χ1v) is 18.8. The zero-order chi connectivity index (χ0) is 33.5. The number of rotatable bonds is 9. The summed E-state index contributed by atoms with van der Waals surface area (Å²) in [5, 5.41) is 9.64. The number of fused-ring (bicyclic) bond motifs is 3. The Hall–Kier alpha value is -3.25. The number of benzene rings is 2. The molecule has 2 fully saturated rings. The molecule has 1 saturated heterocycles. The zero-order valence-corrected chi connectivity index (χ0v) is 28.7. The van der Waals surface area contributed by atoms with Gasteiger partial charge in [-0.2, -0.15) is 0 Å². The summed E-state index contributed by atoms with van der Waals surface area (Å²) in [4.78, 5) is 22.3. The minimum absolute atomic E-state index is 0.00595. The monoisotopic (exact) mass is 695 g/mol. The average molecular weight is 696 g/mol. The molecule has 2 aliphatic carbocycles. The van der Waals surface area contributed by atoms with Crippen LogP contribution in [0, 0.1) is 11.8 Å². The van der Waals surface area contributed by atoms with Gasteiger partial charge in [0.15, 0.2) is 0 Å². The standard InChI is InChI=1S/C36H42ClN3O7S/c1-23(48(43,44)35-38-13-3-14-39-35)20-46-28-11-15-45-33(18-28)29-8-5-26(29)19-40-21-36(12-2-4-24-16-27(37)7-9-30(24)36)22-47-32-10-6-25(34(41)42)17-31(32)40/h3,6-7,9-10,13-14,16-17,23,26,28-29,33H,2,4-5,8,11-12,15,18-22H2,1H3,(H,41,42)/t23-,26-,28+,29+,33+,36?/m0/s1. The number of nitrogens with zero attached hydrogens (tertiary/aromatic N) is 3. The number of anilines is 1. The number of aryl methyl sites for hydroxylation is 1. The van der Waals surface area contributed by atoms with Crippen molar-refractivity contribution < 1.29 is 32.5 Å². The minimum Gasteiger partial charge on any atom is -0.490 e. The molecule has 2 aliphatic heterocycles. The van der Waals surface area contributed by atoms with Gasteiger partial charge in [-0.25, -0.2) is 23.2 Å². The molecule has 0 radical (unpaired) electrons. The molecule has 3 heterocycles. The molecule has 12 heteroatoms. The SMILES string of the molecule is C[C@@H](CO[C@@H]1CCO[C@@H]([C@@H]2CC[C@H]2CN2CC3(CCCc4cc(Cl)ccc43)COc3ccc(C(=O)O)cc32)C1)S(=O)(=O)c1ncccn1. The van der Waals surface area contributed by atoms with E-state index < -0.39 is 21.1 Å². The number of ether oxygens (including phenoxy) is 3. The molecular formula is C36H42ClN3O7S.